The molecule has 10 heteroatoms. The smallest absolute Gasteiger partial charge is 0.280 e. The molecule has 2 aliphatic rings. The van der Waals surface area contributed by atoms with E-state index in [0.29, 0.717) is 40.8 Å². The van der Waals surface area contributed by atoms with Gasteiger partial charge in [0.25, 0.3) is 15.9 Å². The van der Waals surface area contributed by atoms with Crippen LogP contribution >= 0.6 is 0 Å². The van der Waals surface area contributed by atoms with Crippen molar-refractivity contribution in [3.05, 3.63) is 96.4 Å². The fraction of sp³-hybridized carbons (Fsp3) is 0.143. The third kappa shape index (κ3) is 4.73. The summed E-state index contributed by atoms with van der Waals surface area (Å²) < 4.78 is 39.2. The minimum atomic E-state index is -3.82. The molecule has 2 heterocycles. The van der Waals surface area contributed by atoms with Crippen LogP contribution in [0.5, 0.6) is 11.5 Å². The fourth-order valence-electron chi connectivity index (χ4n) is 4.18. The topological polar surface area (TPSA) is 101 Å². The van der Waals surface area contributed by atoms with E-state index >= 15 is 0 Å². The van der Waals surface area contributed by atoms with Gasteiger partial charge in [-0.25, -0.2) is 8.42 Å². The normalized spacial score (nSPS) is 17.0. The van der Waals surface area contributed by atoms with Gasteiger partial charge in [-0.1, -0.05) is 12.1 Å². The number of fused-ring (bicyclic) bond motifs is 1. The molecule has 194 valence electrons. The van der Waals surface area contributed by atoms with E-state index in [-0.39, 0.29) is 10.8 Å². The fourth-order valence-corrected chi connectivity index (χ4v) is 5.24. The zero-order valence-electron chi connectivity index (χ0n) is 21.1. The van der Waals surface area contributed by atoms with Crippen molar-refractivity contribution < 1.29 is 22.7 Å². The summed E-state index contributed by atoms with van der Waals surface area (Å²) in [5, 5.41) is 5.65. The van der Waals surface area contributed by atoms with Crippen LogP contribution in [0.2, 0.25) is 0 Å². The molecule has 2 aliphatic heterocycles. The number of anilines is 3. The molecule has 0 saturated carbocycles. The van der Waals surface area contributed by atoms with Crippen LogP contribution in [0.4, 0.5) is 17.1 Å². The zero-order chi connectivity index (χ0) is 26.9. The first kappa shape index (κ1) is 25.1. The van der Waals surface area contributed by atoms with Crippen molar-refractivity contribution in [2.24, 2.45) is 5.10 Å². The number of rotatable bonds is 7. The quantitative estimate of drug-likeness (QED) is 0.436. The molecule has 1 amide bonds. The molecule has 38 heavy (non-hydrogen) atoms. The average Bonchev–Trinajstić information content (AvgIpc) is 3.43. The van der Waals surface area contributed by atoms with Crippen LogP contribution in [0, 0.1) is 0 Å². The summed E-state index contributed by atoms with van der Waals surface area (Å²) in [5.41, 5.74) is 2.80. The lowest BCUT2D eigenvalue weighted by Crippen LogP contribution is -2.22. The highest BCUT2D eigenvalue weighted by Crippen LogP contribution is 2.38. The summed E-state index contributed by atoms with van der Waals surface area (Å²) in [6.07, 6.45) is 3.46. The third-order valence-electron chi connectivity index (χ3n) is 6.14. The summed E-state index contributed by atoms with van der Waals surface area (Å²) in [6.45, 7) is 4.49. The number of benzene rings is 3. The van der Waals surface area contributed by atoms with Gasteiger partial charge in [-0.2, -0.15) is 10.1 Å². The standard InChI is InChI=1S/C28H26N4O5S/c1-4-31-25-7-5-6-8-26(25)37-27(31)18-17-24-19(2)29-32(28(24)33)21-11-15-23(16-12-21)38(34,35)30-20-9-13-22(36-3)14-10-20/h5-18,30H,4H2,1-3H3/b24-17+,27-18-. The first-order chi connectivity index (χ1) is 18.3. The van der Waals surface area contributed by atoms with Gasteiger partial charge < -0.3 is 14.4 Å². The first-order valence-corrected chi connectivity index (χ1v) is 13.4. The van der Waals surface area contributed by atoms with Crippen molar-refractivity contribution >= 4 is 38.7 Å². The maximum Gasteiger partial charge on any atom is 0.280 e. The predicted molar refractivity (Wildman–Crippen MR) is 147 cm³/mol. The molecule has 9 nitrogen and oxygen atoms in total. The van der Waals surface area contributed by atoms with Crippen molar-refractivity contribution in [2.45, 2.75) is 18.7 Å². The lowest BCUT2D eigenvalue weighted by atomic mass is 10.1. The maximum atomic E-state index is 13.2. The molecular weight excluding hydrogens is 504 g/mol. The zero-order valence-corrected chi connectivity index (χ0v) is 21.9. The number of sulfonamides is 1. The largest absolute Gasteiger partial charge is 0.497 e. The number of amides is 1. The van der Waals surface area contributed by atoms with Crippen molar-refractivity contribution in [1.29, 1.82) is 0 Å². The second-order valence-electron chi connectivity index (χ2n) is 8.53. The van der Waals surface area contributed by atoms with E-state index in [1.807, 2.05) is 36.1 Å². The second-order valence-corrected chi connectivity index (χ2v) is 10.2. The lowest BCUT2D eigenvalue weighted by Gasteiger charge is -2.15. The molecule has 0 bridgehead atoms. The van der Waals surface area contributed by atoms with E-state index < -0.39 is 10.0 Å². The number of para-hydroxylation sites is 2. The SMILES string of the molecule is CCN1/C(=C/C=C2/C(=O)N(c3ccc(S(=O)(=O)Nc4ccc(OC)cc4)cc3)N=C2C)Oc2ccccc21. The number of allylic oxidation sites excluding steroid dienone is 2. The molecule has 0 saturated heterocycles. The average molecular weight is 531 g/mol. The van der Waals surface area contributed by atoms with Crippen LogP contribution in [0.3, 0.4) is 0 Å². The van der Waals surface area contributed by atoms with E-state index in [2.05, 4.69) is 9.82 Å². The molecule has 3 aromatic carbocycles. The van der Waals surface area contributed by atoms with Crippen LogP contribution in [-0.2, 0) is 14.8 Å². The van der Waals surface area contributed by atoms with Crippen LogP contribution in [0.15, 0.2) is 106 Å². The van der Waals surface area contributed by atoms with E-state index in [0.717, 1.165) is 11.4 Å². The van der Waals surface area contributed by atoms with Crippen LogP contribution in [-0.4, -0.2) is 33.7 Å². The highest BCUT2D eigenvalue weighted by atomic mass is 32.2. The van der Waals surface area contributed by atoms with Gasteiger partial charge in [0.05, 0.1) is 34.7 Å². The minimum absolute atomic E-state index is 0.0579. The second kappa shape index (κ2) is 10.1. The molecule has 0 aliphatic carbocycles. The Morgan fingerprint density at radius 1 is 1.00 bits per heavy atom. The number of carbonyl (C=O) groups excluding carboxylic acids is 1. The molecule has 0 radical (unpaired) electrons. The van der Waals surface area contributed by atoms with Gasteiger partial charge in [0.2, 0.25) is 5.88 Å². The van der Waals surface area contributed by atoms with Crippen molar-refractivity contribution in [1.82, 2.24) is 0 Å². The van der Waals surface area contributed by atoms with Gasteiger partial charge in [0.15, 0.2) is 5.75 Å². The molecule has 0 atom stereocenters. The molecule has 0 aromatic heterocycles. The van der Waals surface area contributed by atoms with Crippen LogP contribution < -0.4 is 24.1 Å². The monoisotopic (exact) mass is 530 g/mol. The highest BCUT2D eigenvalue weighted by molar-refractivity contribution is 7.92. The molecular formula is C28H26N4O5S. The Bertz CT molecular complexity index is 1580. The number of ether oxygens (including phenoxy) is 2. The minimum Gasteiger partial charge on any atom is -0.497 e. The molecule has 5 rings (SSSR count). The van der Waals surface area contributed by atoms with Crippen molar-refractivity contribution in [3.8, 4) is 11.5 Å². The third-order valence-corrected chi connectivity index (χ3v) is 7.54. The Hall–Kier alpha value is -4.57. The summed E-state index contributed by atoms with van der Waals surface area (Å²) >= 11 is 0. The number of nitrogens with one attached hydrogen (secondary N) is 1. The summed E-state index contributed by atoms with van der Waals surface area (Å²) in [4.78, 5) is 15.3. The first-order valence-electron chi connectivity index (χ1n) is 11.9. The van der Waals surface area contributed by atoms with Gasteiger partial charge in [0, 0.05) is 12.2 Å². The number of hydrazone groups is 1. The molecule has 1 N–H and O–H groups in total. The van der Waals surface area contributed by atoms with Crippen LogP contribution in [0.25, 0.3) is 0 Å². The van der Waals surface area contributed by atoms with E-state index in [1.54, 1.807) is 55.5 Å². The Morgan fingerprint density at radius 2 is 1.71 bits per heavy atom. The summed E-state index contributed by atoms with van der Waals surface area (Å²) in [6, 6.07) is 20.3. The van der Waals surface area contributed by atoms with Gasteiger partial charge in [0.1, 0.15) is 5.75 Å². The van der Waals surface area contributed by atoms with E-state index in [4.69, 9.17) is 9.47 Å². The van der Waals surface area contributed by atoms with E-state index in [1.165, 1.54) is 24.3 Å². The number of carbonyl (C=O) groups is 1. The number of hydrogen-bond acceptors (Lipinski definition) is 7. The number of nitrogens with zero attached hydrogens (tertiary/aromatic N) is 3. The van der Waals surface area contributed by atoms with Crippen LogP contribution in [0.1, 0.15) is 13.8 Å². The molecule has 0 fully saturated rings. The van der Waals surface area contributed by atoms with Gasteiger partial charge in [-0.05, 0) is 86.7 Å². The molecule has 3 aromatic rings. The Morgan fingerprint density at radius 3 is 2.39 bits per heavy atom. The number of methoxy groups -OCH3 is 1. The molecule has 0 unspecified atom stereocenters. The van der Waals surface area contributed by atoms with Gasteiger partial charge in [-0.15, -0.1) is 0 Å². The maximum absolute atomic E-state index is 13.2. The number of hydrogen-bond donors (Lipinski definition) is 1. The van der Waals surface area contributed by atoms with Crippen molar-refractivity contribution in [3.63, 3.8) is 0 Å². The Kier molecular flexibility index (Phi) is 6.64. The van der Waals surface area contributed by atoms with Gasteiger partial charge >= 0.3 is 0 Å². The highest BCUT2D eigenvalue weighted by Gasteiger charge is 2.30. The summed E-state index contributed by atoms with van der Waals surface area (Å²) in [5.74, 6) is 1.70. The van der Waals surface area contributed by atoms with E-state index in [9.17, 15) is 13.2 Å². The molecule has 0 spiro atoms. The van der Waals surface area contributed by atoms with Gasteiger partial charge in [-0.3, -0.25) is 9.52 Å². The Balaban J connectivity index is 1.32. The Labute approximate surface area is 221 Å². The predicted octanol–water partition coefficient (Wildman–Crippen LogP) is 4.91. The lowest BCUT2D eigenvalue weighted by molar-refractivity contribution is -0.114. The van der Waals surface area contributed by atoms with Crippen molar-refractivity contribution in [2.75, 3.05) is 28.3 Å². The summed E-state index contributed by atoms with van der Waals surface area (Å²) in [7, 11) is -2.29.